The highest BCUT2D eigenvalue weighted by molar-refractivity contribution is 7.11. The number of alkyl halides is 3. The molecule has 3 N–H and O–H groups in total. The number of nitrogens with two attached hydrogens (primary N) is 1. The SMILES string of the molecule is CCc1nn(C)cc1C(NN)c1cnc(C(F)(F)F)s1. The number of nitrogens with one attached hydrogen (secondary N) is 1. The van der Waals surface area contributed by atoms with Gasteiger partial charge < -0.3 is 0 Å². The van der Waals surface area contributed by atoms with Crippen LogP contribution in [0.5, 0.6) is 0 Å². The van der Waals surface area contributed by atoms with Crippen molar-refractivity contribution in [2.45, 2.75) is 25.6 Å². The molecule has 5 nitrogen and oxygen atoms in total. The summed E-state index contributed by atoms with van der Waals surface area (Å²) >= 11 is 0.580. The molecule has 0 bridgehead atoms. The molecule has 0 saturated heterocycles. The van der Waals surface area contributed by atoms with Crippen LogP contribution in [0.3, 0.4) is 0 Å². The van der Waals surface area contributed by atoms with Gasteiger partial charge in [-0.05, 0) is 6.42 Å². The second-order valence-corrected chi connectivity index (χ2v) is 5.29. The molecular weight excluding hydrogens is 291 g/mol. The molecule has 2 aromatic heterocycles. The normalized spacial score (nSPS) is 13.7. The van der Waals surface area contributed by atoms with Gasteiger partial charge in [0.15, 0.2) is 5.01 Å². The first-order valence-corrected chi connectivity index (χ1v) is 6.70. The van der Waals surface area contributed by atoms with Crippen molar-refractivity contribution in [1.82, 2.24) is 20.2 Å². The Morgan fingerprint density at radius 2 is 2.20 bits per heavy atom. The fourth-order valence-corrected chi connectivity index (χ4v) is 2.81. The fourth-order valence-electron chi connectivity index (χ4n) is 1.95. The van der Waals surface area contributed by atoms with E-state index in [2.05, 4.69) is 15.5 Å². The van der Waals surface area contributed by atoms with E-state index in [0.29, 0.717) is 22.6 Å². The topological polar surface area (TPSA) is 68.8 Å². The number of aryl methyl sites for hydroxylation is 2. The molecule has 20 heavy (non-hydrogen) atoms. The van der Waals surface area contributed by atoms with Gasteiger partial charge in [-0.3, -0.25) is 10.5 Å². The molecule has 1 unspecified atom stereocenters. The van der Waals surface area contributed by atoms with E-state index in [-0.39, 0.29) is 0 Å². The van der Waals surface area contributed by atoms with E-state index in [9.17, 15) is 13.2 Å². The number of thiazole rings is 1. The zero-order valence-electron chi connectivity index (χ0n) is 10.9. The molecule has 0 spiro atoms. The third-order valence-corrected chi connectivity index (χ3v) is 3.91. The maximum Gasteiger partial charge on any atom is 0.443 e. The Labute approximate surface area is 117 Å². The molecule has 9 heteroatoms. The van der Waals surface area contributed by atoms with Crippen molar-refractivity contribution in [3.63, 3.8) is 0 Å². The highest BCUT2D eigenvalue weighted by Gasteiger charge is 2.35. The van der Waals surface area contributed by atoms with Crippen LogP contribution in [0.2, 0.25) is 0 Å². The van der Waals surface area contributed by atoms with E-state index >= 15 is 0 Å². The van der Waals surface area contributed by atoms with Crippen LogP contribution in [0, 0.1) is 0 Å². The van der Waals surface area contributed by atoms with Gasteiger partial charge in [-0.1, -0.05) is 6.92 Å². The Bertz CT molecular complexity index is 589. The van der Waals surface area contributed by atoms with Crippen LogP contribution in [0.4, 0.5) is 13.2 Å². The molecule has 2 aromatic rings. The van der Waals surface area contributed by atoms with Crippen LogP contribution >= 0.6 is 11.3 Å². The molecule has 0 amide bonds. The van der Waals surface area contributed by atoms with Crippen molar-refractivity contribution < 1.29 is 13.2 Å². The fraction of sp³-hybridized carbons (Fsp3) is 0.455. The number of hydrogen-bond donors (Lipinski definition) is 2. The molecule has 0 aliphatic carbocycles. The van der Waals surface area contributed by atoms with Gasteiger partial charge in [0, 0.05) is 29.9 Å². The van der Waals surface area contributed by atoms with E-state index in [0.717, 1.165) is 11.3 Å². The number of nitrogens with zero attached hydrogens (tertiary/aromatic N) is 3. The third kappa shape index (κ3) is 2.84. The monoisotopic (exact) mass is 305 g/mol. The molecule has 0 aliphatic heterocycles. The number of hydrogen-bond acceptors (Lipinski definition) is 5. The average Bonchev–Trinajstić information content (AvgIpc) is 2.97. The maximum atomic E-state index is 12.6. The van der Waals surface area contributed by atoms with E-state index in [1.54, 1.807) is 17.9 Å². The summed E-state index contributed by atoms with van der Waals surface area (Å²) in [4.78, 5) is 3.82. The lowest BCUT2D eigenvalue weighted by molar-refractivity contribution is -0.137. The molecule has 110 valence electrons. The van der Waals surface area contributed by atoms with Gasteiger partial charge in [-0.2, -0.15) is 18.3 Å². The number of halogens is 3. The second-order valence-electron chi connectivity index (χ2n) is 4.22. The summed E-state index contributed by atoms with van der Waals surface area (Å²) in [5.41, 5.74) is 4.09. The van der Waals surface area contributed by atoms with Crippen molar-refractivity contribution in [2.24, 2.45) is 12.9 Å². The van der Waals surface area contributed by atoms with Crippen LogP contribution in [0.15, 0.2) is 12.4 Å². The highest BCUT2D eigenvalue weighted by Crippen LogP contribution is 2.36. The van der Waals surface area contributed by atoms with Gasteiger partial charge >= 0.3 is 6.18 Å². The van der Waals surface area contributed by atoms with Crippen molar-refractivity contribution >= 4 is 11.3 Å². The summed E-state index contributed by atoms with van der Waals surface area (Å²) in [6.45, 7) is 1.92. The van der Waals surface area contributed by atoms with E-state index in [4.69, 9.17) is 5.84 Å². The lowest BCUT2D eigenvalue weighted by atomic mass is 10.1. The first-order chi connectivity index (χ1) is 9.36. The highest BCUT2D eigenvalue weighted by atomic mass is 32.1. The first-order valence-electron chi connectivity index (χ1n) is 5.88. The molecule has 0 saturated carbocycles. The maximum absolute atomic E-state index is 12.6. The van der Waals surface area contributed by atoms with Crippen LogP contribution in [0.25, 0.3) is 0 Å². The minimum atomic E-state index is -4.44. The Morgan fingerprint density at radius 1 is 1.50 bits per heavy atom. The Morgan fingerprint density at radius 3 is 2.70 bits per heavy atom. The smallest absolute Gasteiger partial charge is 0.275 e. The molecule has 0 aliphatic rings. The minimum absolute atomic E-state index is 0.405. The zero-order chi connectivity index (χ0) is 14.9. The molecular formula is C11H14F3N5S. The van der Waals surface area contributed by atoms with Crippen molar-refractivity contribution in [1.29, 1.82) is 0 Å². The summed E-state index contributed by atoms with van der Waals surface area (Å²) in [7, 11) is 1.75. The van der Waals surface area contributed by atoms with Gasteiger partial charge in [0.25, 0.3) is 0 Å². The first kappa shape index (κ1) is 14.9. The van der Waals surface area contributed by atoms with Crippen LogP contribution in [-0.4, -0.2) is 14.8 Å². The van der Waals surface area contributed by atoms with Gasteiger partial charge in [0.05, 0.1) is 11.7 Å². The average molecular weight is 305 g/mol. The summed E-state index contributed by atoms with van der Waals surface area (Å²) < 4.78 is 39.4. The second kappa shape index (κ2) is 5.51. The lowest BCUT2D eigenvalue weighted by Gasteiger charge is -2.13. The van der Waals surface area contributed by atoms with Crippen molar-refractivity contribution in [3.05, 3.63) is 33.5 Å². The van der Waals surface area contributed by atoms with Crippen LogP contribution in [-0.2, 0) is 19.6 Å². The van der Waals surface area contributed by atoms with Gasteiger partial charge in [0.1, 0.15) is 0 Å². The summed E-state index contributed by atoms with van der Waals surface area (Å²) in [6.07, 6.45) is -0.829. The molecule has 0 radical (unpaired) electrons. The molecule has 2 rings (SSSR count). The van der Waals surface area contributed by atoms with Gasteiger partial charge in [0.2, 0.25) is 0 Å². The van der Waals surface area contributed by atoms with Gasteiger partial charge in [-0.15, -0.1) is 11.3 Å². The zero-order valence-corrected chi connectivity index (χ0v) is 11.7. The lowest BCUT2D eigenvalue weighted by Crippen LogP contribution is -2.28. The van der Waals surface area contributed by atoms with Crippen molar-refractivity contribution in [2.75, 3.05) is 0 Å². The Balaban J connectivity index is 2.39. The summed E-state index contributed by atoms with van der Waals surface area (Å²) in [5.74, 6) is 5.50. The predicted molar refractivity (Wildman–Crippen MR) is 68.9 cm³/mol. The number of aromatic nitrogens is 3. The van der Waals surface area contributed by atoms with Crippen LogP contribution in [0.1, 0.15) is 34.1 Å². The number of rotatable bonds is 4. The Hall–Kier alpha value is -1.45. The van der Waals surface area contributed by atoms with E-state index in [1.807, 2.05) is 6.92 Å². The molecule has 1 atom stereocenters. The predicted octanol–water partition coefficient (Wildman–Crippen LogP) is 2.01. The summed E-state index contributed by atoms with van der Waals surface area (Å²) in [6, 6.07) is -0.549. The van der Waals surface area contributed by atoms with Crippen molar-refractivity contribution in [3.8, 4) is 0 Å². The van der Waals surface area contributed by atoms with E-state index < -0.39 is 17.2 Å². The van der Waals surface area contributed by atoms with Crippen LogP contribution < -0.4 is 11.3 Å². The molecule has 0 fully saturated rings. The Kier molecular flexibility index (Phi) is 4.11. The minimum Gasteiger partial charge on any atom is -0.275 e. The van der Waals surface area contributed by atoms with Gasteiger partial charge in [-0.25, -0.2) is 10.4 Å². The number of hydrazine groups is 1. The summed E-state index contributed by atoms with van der Waals surface area (Å²) in [5, 5.41) is 3.38. The standard InChI is InChI=1S/C11H14F3N5S/c1-3-7-6(5-19(2)18-7)9(17-15)8-4-16-10(20-8)11(12,13)14/h4-5,9,17H,3,15H2,1-2H3. The third-order valence-electron chi connectivity index (χ3n) is 2.80. The largest absolute Gasteiger partial charge is 0.443 e. The van der Waals surface area contributed by atoms with E-state index in [1.165, 1.54) is 6.20 Å². The molecule has 2 heterocycles. The quantitative estimate of drug-likeness (QED) is 0.670. The molecule has 0 aromatic carbocycles.